The Morgan fingerprint density at radius 1 is 1.28 bits per heavy atom. The summed E-state index contributed by atoms with van der Waals surface area (Å²) in [4.78, 5) is 22.5. The predicted octanol–water partition coefficient (Wildman–Crippen LogP) is 1.89. The number of imide groups is 1. The molecule has 1 heterocycles. The lowest BCUT2D eigenvalue weighted by molar-refractivity contribution is -0.134. The molecule has 6 heteroatoms. The maximum absolute atomic E-state index is 11.5. The maximum atomic E-state index is 11.5. The molecule has 96 valence electrons. The highest BCUT2D eigenvalue weighted by Crippen LogP contribution is 2.24. The summed E-state index contributed by atoms with van der Waals surface area (Å²) in [5, 5.41) is 6.46. The molecule has 0 bridgehead atoms. The van der Waals surface area contributed by atoms with Crippen LogP contribution in [0.15, 0.2) is 18.2 Å². The van der Waals surface area contributed by atoms with Gasteiger partial charge in [-0.15, -0.1) is 0 Å². The van der Waals surface area contributed by atoms with Crippen molar-refractivity contribution in [2.24, 2.45) is 0 Å². The van der Waals surface area contributed by atoms with Crippen LogP contribution in [-0.4, -0.2) is 17.9 Å². The van der Waals surface area contributed by atoms with E-state index < -0.39 is 0 Å². The van der Waals surface area contributed by atoms with E-state index in [1.807, 2.05) is 0 Å². The van der Waals surface area contributed by atoms with E-state index in [1.54, 1.807) is 18.2 Å². The van der Waals surface area contributed by atoms with Crippen LogP contribution in [0.4, 0.5) is 0 Å². The van der Waals surface area contributed by atoms with E-state index >= 15 is 0 Å². The third-order valence-electron chi connectivity index (χ3n) is 2.83. The van der Waals surface area contributed by atoms with Gasteiger partial charge in [0.25, 0.3) is 0 Å². The molecule has 18 heavy (non-hydrogen) atoms. The number of halogens is 2. The summed E-state index contributed by atoms with van der Waals surface area (Å²) >= 11 is 12.1. The third kappa shape index (κ3) is 3.02. The molecular formula is C12H12Cl2N2O2. The lowest BCUT2D eigenvalue weighted by Gasteiger charge is -2.22. The van der Waals surface area contributed by atoms with Crippen molar-refractivity contribution in [2.75, 3.05) is 0 Å². The van der Waals surface area contributed by atoms with Gasteiger partial charge in [-0.25, -0.2) is 0 Å². The van der Waals surface area contributed by atoms with Crippen LogP contribution in [0.5, 0.6) is 0 Å². The summed E-state index contributed by atoms with van der Waals surface area (Å²) in [5.74, 6) is -0.525. The Kier molecular flexibility index (Phi) is 4.22. The number of rotatable bonds is 3. The van der Waals surface area contributed by atoms with Crippen LogP contribution in [0.3, 0.4) is 0 Å². The molecule has 2 N–H and O–H groups in total. The first kappa shape index (κ1) is 13.3. The molecule has 1 atom stereocenters. The van der Waals surface area contributed by atoms with Gasteiger partial charge in [-0.2, -0.15) is 0 Å². The van der Waals surface area contributed by atoms with Gasteiger partial charge < -0.3 is 5.32 Å². The lowest BCUT2D eigenvalue weighted by atomic mass is 10.1. The average molecular weight is 287 g/mol. The van der Waals surface area contributed by atoms with Crippen molar-refractivity contribution in [1.82, 2.24) is 10.6 Å². The Hall–Kier alpha value is -1.10. The van der Waals surface area contributed by atoms with Gasteiger partial charge in [0.15, 0.2) is 0 Å². The van der Waals surface area contributed by atoms with Crippen molar-refractivity contribution in [3.63, 3.8) is 0 Å². The van der Waals surface area contributed by atoms with E-state index in [2.05, 4.69) is 10.6 Å². The van der Waals surface area contributed by atoms with Crippen LogP contribution in [0, 0.1) is 0 Å². The van der Waals surface area contributed by atoms with Crippen LogP contribution in [0.25, 0.3) is 0 Å². The van der Waals surface area contributed by atoms with Crippen molar-refractivity contribution in [1.29, 1.82) is 0 Å². The van der Waals surface area contributed by atoms with E-state index in [0.717, 1.165) is 5.56 Å². The second-order valence-electron chi connectivity index (χ2n) is 4.08. The first-order valence-corrected chi connectivity index (χ1v) is 6.33. The Morgan fingerprint density at radius 2 is 1.94 bits per heavy atom. The molecule has 1 aliphatic rings. The van der Waals surface area contributed by atoms with Crippen molar-refractivity contribution < 1.29 is 9.59 Å². The predicted molar refractivity (Wildman–Crippen MR) is 69.5 cm³/mol. The highest BCUT2D eigenvalue weighted by Gasteiger charge is 2.26. The van der Waals surface area contributed by atoms with Crippen molar-refractivity contribution in [3.8, 4) is 0 Å². The number of hydrogen-bond acceptors (Lipinski definition) is 3. The second kappa shape index (κ2) is 5.69. The summed E-state index contributed by atoms with van der Waals surface area (Å²) in [6, 6.07) is 4.87. The number of nitrogens with one attached hydrogen (secondary N) is 2. The number of piperidine rings is 1. The fourth-order valence-electron chi connectivity index (χ4n) is 1.81. The standard InChI is InChI=1S/C12H12Cl2N2O2/c13-8-2-1-3-9(14)7(8)6-15-10-4-5-11(17)16-12(10)18/h1-3,10,15H,4-6H2,(H,16,17,18). The summed E-state index contributed by atoms with van der Waals surface area (Å²) in [5.41, 5.74) is 0.755. The molecule has 1 unspecified atom stereocenters. The van der Waals surface area contributed by atoms with Crippen molar-refractivity contribution in [3.05, 3.63) is 33.8 Å². The Morgan fingerprint density at radius 3 is 2.56 bits per heavy atom. The Balaban J connectivity index is 1.99. The van der Waals surface area contributed by atoms with E-state index in [1.165, 1.54) is 0 Å². The topological polar surface area (TPSA) is 58.2 Å². The van der Waals surface area contributed by atoms with E-state index in [4.69, 9.17) is 23.2 Å². The number of carbonyl (C=O) groups excluding carboxylic acids is 2. The van der Waals surface area contributed by atoms with Gasteiger partial charge in [0.2, 0.25) is 11.8 Å². The second-order valence-corrected chi connectivity index (χ2v) is 4.90. The van der Waals surface area contributed by atoms with Gasteiger partial charge >= 0.3 is 0 Å². The van der Waals surface area contributed by atoms with Crippen LogP contribution in [-0.2, 0) is 16.1 Å². The first-order valence-electron chi connectivity index (χ1n) is 5.58. The monoisotopic (exact) mass is 286 g/mol. The smallest absolute Gasteiger partial charge is 0.243 e. The SMILES string of the molecule is O=C1CCC(NCc2c(Cl)cccc2Cl)C(=O)N1. The largest absolute Gasteiger partial charge is 0.302 e. The molecule has 1 fully saturated rings. The quantitative estimate of drug-likeness (QED) is 0.835. The Labute approximate surface area is 115 Å². The van der Waals surface area contributed by atoms with Gasteiger partial charge in [0, 0.05) is 28.6 Å². The average Bonchev–Trinajstić information content (AvgIpc) is 2.31. The van der Waals surface area contributed by atoms with Gasteiger partial charge in [0.1, 0.15) is 0 Å². The molecule has 4 nitrogen and oxygen atoms in total. The first-order chi connectivity index (χ1) is 8.58. The third-order valence-corrected chi connectivity index (χ3v) is 3.53. The molecule has 1 aromatic rings. The van der Waals surface area contributed by atoms with Gasteiger partial charge in [0.05, 0.1) is 6.04 Å². The summed E-state index contributed by atoms with van der Waals surface area (Å²) in [6.45, 7) is 0.394. The van der Waals surface area contributed by atoms with E-state index in [9.17, 15) is 9.59 Å². The maximum Gasteiger partial charge on any atom is 0.243 e. The molecule has 1 aliphatic heterocycles. The van der Waals surface area contributed by atoms with Crippen LogP contribution >= 0.6 is 23.2 Å². The normalized spacial score (nSPS) is 19.8. The van der Waals surface area contributed by atoms with Crippen LogP contribution in [0.1, 0.15) is 18.4 Å². The summed E-state index contributed by atoms with van der Waals surface area (Å²) < 4.78 is 0. The molecule has 0 saturated carbocycles. The lowest BCUT2D eigenvalue weighted by Crippen LogP contribution is -2.50. The molecule has 2 amide bonds. The molecule has 0 radical (unpaired) electrons. The minimum atomic E-state index is -0.380. The van der Waals surface area contributed by atoms with Crippen molar-refractivity contribution in [2.45, 2.75) is 25.4 Å². The van der Waals surface area contributed by atoms with E-state index in [0.29, 0.717) is 29.4 Å². The number of benzene rings is 1. The summed E-state index contributed by atoms with van der Waals surface area (Å²) in [7, 11) is 0. The highest BCUT2D eigenvalue weighted by molar-refractivity contribution is 6.35. The van der Waals surface area contributed by atoms with E-state index in [-0.39, 0.29) is 17.9 Å². The molecule has 0 spiro atoms. The number of carbonyl (C=O) groups is 2. The van der Waals surface area contributed by atoms with Gasteiger partial charge in [-0.3, -0.25) is 14.9 Å². The zero-order valence-electron chi connectivity index (χ0n) is 9.50. The molecule has 1 saturated heterocycles. The minimum absolute atomic E-state index is 0.228. The van der Waals surface area contributed by atoms with Crippen LogP contribution in [0.2, 0.25) is 10.0 Å². The summed E-state index contributed by atoms with van der Waals surface area (Å²) in [6.07, 6.45) is 0.840. The molecular weight excluding hydrogens is 275 g/mol. The fourth-order valence-corrected chi connectivity index (χ4v) is 2.35. The minimum Gasteiger partial charge on any atom is -0.302 e. The van der Waals surface area contributed by atoms with Crippen molar-refractivity contribution >= 4 is 35.0 Å². The van der Waals surface area contributed by atoms with Crippen LogP contribution < -0.4 is 10.6 Å². The number of amides is 2. The fraction of sp³-hybridized carbons (Fsp3) is 0.333. The molecule has 0 aliphatic carbocycles. The highest BCUT2D eigenvalue weighted by atomic mass is 35.5. The zero-order chi connectivity index (χ0) is 13.1. The molecule has 1 aromatic carbocycles. The Bertz CT molecular complexity index is 471. The van der Waals surface area contributed by atoms with Gasteiger partial charge in [-0.1, -0.05) is 29.3 Å². The zero-order valence-corrected chi connectivity index (χ0v) is 11.0. The number of hydrogen-bond donors (Lipinski definition) is 2. The molecule has 2 rings (SSSR count). The van der Waals surface area contributed by atoms with Gasteiger partial charge in [-0.05, 0) is 18.6 Å². The molecule has 0 aromatic heterocycles.